The summed E-state index contributed by atoms with van der Waals surface area (Å²) < 4.78 is 16.4. The quantitative estimate of drug-likeness (QED) is 0.252. The predicted octanol–water partition coefficient (Wildman–Crippen LogP) is 2.47. The molecule has 0 aliphatic carbocycles. The van der Waals surface area contributed by atoms with Crippen molar-refractivity contribution in [2.24, 2.45) is 0 Å². The second kappa shape index (κ2) is 13.9. The van der Waals surface area contributed by atoms with Crippen molar-refractivity contribution in [3.63, 3.8) is 0 Å². The Bertz CT molecular complexity index is 1080. The van der Waals surface area contributed by atoms with E-state index in [4.69, 9.17) is 26.4 Å². The molecule has 1 aliphatic heterocycles. The lowest BCUT2D eigenvalue weighted by Gasteiger charge is -2.36. The van der Waals surface area contributed by atoms with Crippen LogP contribution in [0.5, 0.6) is 5.75 Å². The highest BCUT2D eigenvalue weighted by Crippen LogP contribution is 2.26. The molecule has 0 bridgehead atoms. The lowest BCUT2D eigenvalue weighted by molar-refractivity contribution is -0.148. The zero-order valence-electron chi connectivity index (χ0n) is 19.8. The summed E-state index contributed by atoms with van der Waals surface area (Å²) in [5.74, 6) is -0.741. The fourth-order valence-corrected chi connectivity index (χ4v) is 4.34. The Labute approximate surface area is 223 Å². The molecule has 1 heterocycles. The minimum atomic E-state index is -0.881. The molecular formula is C25H28BrN3O6S. The third kappa shape index (κ3) is 8.00. The number of amides is 2. The molecule has 2 amide bonds. The van der Waals surface area contributed by atoms with Gasteiger partial charge in [0.1, 0.15) is 18.4 Å². The number of benzene rings is 2. The Morgan fingerprint density at radius 1 is 1.17 bits per heavy atom. The average Bonchev–Trinajstić information content (AvgIpc) is 2.87. The van der Waals surface area contributed by atoms with E-state index < -0.39 is 17.9 Å². The first-order valence-electron chi connectivity index (χ1n) is 11.4. The standard InChI is InChI=1S/C25H28BrN3O6S/c1-33-13-14-35-22(30)16-20-24(32)27-10-11-29(20)25(36)28-23(31)18-7-8-21(19(26)15-18)34-12-9-17-5-3-2-4-6-17/h2-8,15,20H,9-14,16H2,1H3,(H,27,32)(H,28,31,36). The van der Waals surface area contributed by atoms with Crippen molar-refractivity contribution in [2.75, 3.05) is 40.0 Å². The van der Waals surface area contributed by atoms with Crippen molar-refractivity contribution in [1.29, 1.82) is 0 Å². The minimum Gasteiger partial charge on any atom is -0.492 e. The van der Waals surface area contributed by atoms with E-state index in [0.717, 1.165) is 6.42 Å². The third-order valence-electron chi connectivity index (χ3n) is 5.41. The second-order valence-corrected chi connectivity index (χ2v) is 9.15. The van der Waals surface area contributed by atoms with Gasteiger partial charge in [0, 0.05) is 32.2 Å². The SMILES string of the molecule is COCCOC(=O)CC1C(=O)NCCN1C(=S)NC(=O)c1ccc(OCCc2ccccc2)c(Br)c1. The highest BCUT2D eigenvalue weighted by Gasteiger charge is 2.34. The van der Waals surface area contributed by atoms with Crippen LogP contribution in [0.2, 0.25) is 0 Å². The Hall–Kier alpha value is -3.02. The molecule has 9 nitrogen and oxygen atoms in total. The van der Waals surface area contributed by atoms with E-state index in [9.17, 15) is 14.4 Å². The number of thiocarbonyl (C=S) groups is 1. The van der Waals surface area contributed by atoms with Gasteiger partial charge in [-0.05, 0) is 51.9 Å². The van der Waals surface area contributed by atoms with Crippen LogP contribution in [0, 0.1) is 0 Å². The first-order valence-corrected chi connectivity index (χ1v) is 12.6. The summed E-state index contributed by atoms with van der Waals surface area (Å²) in [6.45, 7) is 1.52. The number of piperazine rings is 1. The number of carbonyl (C=O) groups excluding carboxylic acids is 3. The molecule has 2 aromatic carbocycles. The van der Waals surface area contributed by atoms with E-state index in [1.807, 2.05) is 30.3 Å². The van der Waals surface area contributed by atoms with E-state index in [1.165, 1.54) is 17.6 Å². The Morgan fingerprint density at radius 3 is 2.67 bits per heavy atom. The van der Waals surface area contributed by atoms with Crippen molar-refractivity contribution in [2.45, 2.75) is 18.9 Å². The summed E-state index contributed by atoms with van der Waals surface area (Å²) in [5, 5.41) is 5.43. The van der Waals surface area contributed by atoms with Crippen LogP contribution >= 0.6 is 28.1 Å². The number of rotatable bonds is 10. The average molecular weight is 578 g/mol. The highest BCUT2D eigenvalue weighted by molar-refractivity contribution is 9.10. The zero-order valence-corrected chi connectivity index (χ0v) is 22.2. The Morgan fingerprint density at radius 2 is 1.94 bits per heavy atom. The number of carbonyl (C=O) groups is 3. The summed E-state index contributed by atoms with van der Waals surface area (Å²) >= 11 is 8.86. The fraction of sp³-hybridized carbons (Fsp3) is 0.360. The van der Waals surface area contributed by atoms with E-state index in [1.54, 1.807) is 18.2 Å². The minimum absolute atomic E-state index is 0.0591. The van der Waals surface area contributed by atoms with Crippen LogP contribution in [-0.2, 0) is 25.5 Å². The molecule has 1 atom stereocenters. The van der Waals surface area contributed by atoms with Gasteiger partial charge in [-0.3, -0.25) is 19.7 Å². The summed E-state index contributed by atoms with van der Waals surface area (Å²) in [6.07, 6.45) is 0.556. The van der Waals surface area contributed by atoms with Crippen LogP contribution in [-0.4, -0.2) is 73.9 Å². The van der Waals surface area contributed by atoms with Gasteiger partial charge in [-0.25, -0.2) is 0 Å². The van der Waals surface area contributed by atoms with Gasteiger partial charge in [0.25, 0.3) is 5.91 Å². The van der Waals surface area contributed by atoms with Crippen LogP contribution in [0.3, 0.4) is 0 Å². The smallest absolute Gasteiger partial charge is 0.308 e. The van der Waals surface area contributed by atoms with Gasteiger partial charge in [-0.2, -0.15) is 0 Å². The number of hydrogen-bond donors (Lipinski definition) is 2. The van der Waals surface area contributed by atoms with Crippen molar-refractivity contribution >= 4 is 51.0 Å². The van der Waals surface area contributed by atoms with Crippen molar-refractivity contribution in [3.05, 3.63) is 64.1 Å². The van der Waals surface area contributed by atoms with E-state index in [-0.39, 0.29) is 30.7 Å². The molecule has 1 aliphatic rings. The largest absolute Gasteiger partial charge is 0.492 e. The first kappa shape index (κ1) is 27.6. The third-order valence-corrected chi connectivity index (χ3v) is 6.36. The highest BCUT2D eigenvalue weighted by atomic mass is 79.9. The van der Waals surface area contributed by atoms with Crippen LogP contribution < -0.4 is 15.4 Å². The van der Waals surface area contributed by atoms with Gasteiger partial charge in [-0.1, -0.05) is 30.3 Å². The molecule has 2 N–H and O–H groups in total. The first-order chi connectivity index (χ1) is 17.4. The Balaban J connectivity index is 1.57. The number of halogens is 1. The summed E-state index contributed by atoms with van der Waals surface area (Å²) in [7, 11) is 1.50. The van der Waals surface area contributed by atoms with Gasteiger partial charge in [0.15, 0.2) is 5.11 Å². The van der Waals surface area contributed by atoms with Gasteiger partial charge in [-0.15, -0.1) is 0 Å². The molecule has 11 heteroatoms. The predicted molar refractivity (Wildman–Crippen MR) is 141 cm³/mol. The number of methoxy groups -OCH3 is 1. The fourth-order valence-electron chi connectivity index (χ4n) is 3.54. The topological polar surface area (TPSA) is 106 Å². The molecule has 36 heavy (non-hydrogen) atoms. The van der Waals surface area contributed by atoms with Crippen molar-refractivity contribution < 1.29 is 28.6 Å². The van der Waals surface area contributed by atoms with Gasteiger partial charge in [0.05, 0.1) is 24.1 Å². The van der Waals surface area contributed by atoms with Gasteiger partial charge < -0.3 is 24.4 Å². The van der Waals surface area contributed by atoms with Crippen molar-refractivity contribution in [3.8, 4) is 5.75 Å². The summed E-state index contributed by atoms with van der Waals surface area (Å²) in [6, 6.07) is 14.1. The van der Waals surface area contributed by atoms with Crippen LogP contribution in [0.1, 0.15) is 22.3 Å². The zero-order chi connectivity index (χ0) is 25.9. The molecular weight excluding hydrogens is 550 g/mol. The molecule has 1 unspecified atom stereocenters. The lowest BCUT2D eigenvalue weighted by atomic mass is 10.1. The molecule has 0 radical (unpaired) electrons. The van der Waals surface area contributed by atoms with Gasteiger partial charge >= 0.3 is 5.97 Å². The van der Waals surface area contributed by atoms with Crippen LogP contribution in [0.25, 0.3) is 0 Å². The van der Waals surface area contributed by atoms with E-state index >= 15 is 0 Å². The molecule has 2 aromatic rings. The second-order valence-electron chi connectivity index (χ2n) is 7.91. The molecule has 192 valence electrons. The normalized spacial score (nSPS) is 15.1. The number of hydrogen-bond acceptors (Lipinski definition) is 7. The Kier molecular flexibility index (Phi) is 10.6. The number of ether oxygens (including phenoxy) is 3. The van der Waals surface area contributed by atoms with E-state index in [2.05, 4.69) is 26.6 Å². The maximum atomic E-state index is 12.9. The molecule has 1 fully saturated rings. The van der Waals surface area contributed by atoms with Crippen LogP contribution in [0.4, 0.5) is 0 Å². The number of nitrogens with one attached hydrogen (secondary N) is 2. The van der Waals surface area contributed by atoms with Crippen molar-refractivity contribution in [1.82, 2.24) is 15.5 Å². The maximum Gasteiger partial charge on any atom is 0.308 e. The molecule has 0 saturated carbocycles. The summed E-state index contributed by atoms with van der Waals surface area (Å²) in [4.78, 5) is 38.9. The lowest BCUT2D eigenvalue weighted by Crippen LogP contribution is -2.60. The maximum absolute atomic E-state index is 12.9. The number of nitrogens with zero attached hydrogens (tertiary/aromatic N) is 1. The van der Waals surface area contributed by atoms with Crippen LogP contribution in [0.15, 0.2) is 53.0 Å². The molecule has 0 aromatic heterocycles. The van der Waals surface area contributed by atoms with Gasteiger partial charge in [0.2, 0.25) is 5.91 Å². The molecule has 0 spiro atoms. The molecule has 3 rings (SSSR count). The number of esters is 1. The molecule has 1 saturated heterocycles. The summed E-state index contributed by atoms with van der Waals surface area (Å²) in [5.41, 5.74) is 1.53. The monoisotopic (exact) mass is 577 g/mol. The van der Waals surface area contributed by atoms with E-state index in [0.29, 0.717) is 35.5 Å².